The first kappa shape index (κ1) is 22.9. The minimum absolute atomic E-state index is 0.0679. The molecule has 1 fully saturated rings. The first-order valence-electron chi connectivity index (χ1n) is 12.1. The lowest BCUT2D eigenvalue weighted by molar-refractivity contribution is -0.140. The third kappa shape index (κ3) is 4.23. The lowest BCUT2D eigenvalue weighted by Crippen LogP contribution is -2.29. The third-order valence-corrected chi connectivity index (χ3v) is 6.82. The van der Waals surface area contributed by atoms with Crippen molar-refractivity contribution in [3.05, 3.63) is 106 Å². The number of amides is 1. The predicted octanol–water partition coefficient (Wildman–Crippen LogP) is 5.76. The molecule has 178 valence electrons. The molecule has 3 aromatic rings. The highest BCUT2D eigenvalue weighted by Crippen LogP contribution is 2.41. The molecule has 1 N–H and O–H groups in total. The first-order valence-corrected chi connectivity index (χ1v) is 12.1. The van der Waals surface area contributed by atoms with E-state index < -0.39 is 17.7 Å². The van der Waals surface area contributed by atoms with E-state index in [9.17, 15) is 14.7 Å². The number of aliphatic hydroxyl groups excluding tert-OH is 1. The fourth-order valence-corrected chi connectivity index (χ4v) is 4.96. The molecule has 0 aromatic heterocycles. The molecule has 1 amide bonds. The molecule has 2 atom stereocenters. The van der Waals surface area contributed by atoms with E-state index >= 15 is 0 Å². The van der Waals surface area contributed by atoms with Gasteiger partial charge >= 0.3 is 0 Å². The number of nitrogens with zero attached hydrogens (tertiary/aromatic N) is 1. The van der Waals surface area contributed by atoms with Crippen LogP contribution in [0.3, 0.4) is 0 Å². The van der Waals surface area contributed by atoms with Crippen LogP contribution in [0.15, 0.2) is 78.4 Å². The number of rotatable bonds is 5. The topological polar surface area (TPSA) is 66.8 Å². The minimum Gasteiger partial charge on any atom is -0.507 e. The largest absolute Gasteiger partial charge is 0.507 e. The molecular weight excluding hydrogens is 438 g/mol. The Labute approximate surface area is 205 Å². The molecule has 5 rings (SSSR count). The Kier molecular flexibility index (Phi) is 5.93. The molecule has 0 bridgehead atoms. The second-order valence-electron chi connectivity index (χ2n) is 9.69. The van der Waals surface area contributed by atoms with Gasteiger partial charge in [-0.25, -0.2) is 0 Å². The molecule has 0 radical (unpaired) electrons. The smallest absolute Gasteiger partial charge is 0.295 e. The summed E-state index contributed by atoms with van der Waals surface area (Å²) < 4.78 is 5.78. The zero-order chi connectivity index (χ0) is 24.7. The van der Waals surface area contributed by atoms with E-state index in [1.54, 1.807) is 11.0 Å². The van der Waals surface area contributed by atoms with E-state index in [1.165, 1.54) is 5.56 Å². The van der Waals surface area contributed by atoms with Gasteiger partial charge in [-0.15, -0.1) is 0 Å². The number of likely N-dealkylation sites (tertiary alicyclic amines) is 1. The minimum atomic E-state index is -0.681. The monoisotopic (exact) mass is 467 g/mol. The summed E-state index contributed by atoms with van der Waals surface area (Å²) in [5, 5.41) is 11.4. The summed E-state index contributed by atoms with van der Waals surface area (Å²) in [7, 11) is 0. The maximum absolute atomic E-state index is 13.3. The van der Waals surface area contributed by atoms with Crippen LogP contribution in [0.25, 0.3) is 5.76 Å². The Bertz CT molecular complexity index is 1310. The van der Waals surface area contributed by atoms with E-state index in [1.807, 2.05) is 73.7 Å². The van der Waals surface area contributed by atoms with Gasteiger partial charge in [0.2, 0.25) is 0 Å². The normalized spacial score (nSPS) is 20.9. The van der Waals surface area contributed by atoms with E-state index in [0.717, 1.165) is 28.9 Å². The number of carbonyl (C=O) groups is 2. The molecule has 0 spiro atoms. The van der Waals surface area contributed by atoms with Crippen molar-refractivity contribution in [2.45, 2.75) is 51.8 Å². The molecule has 0 saturated carbocycles. The average molecular weight is 468 g/mol. The fourth-order valence-electron chi connectivity index (χ4n) is 4.96. The number of carbonyl (C=O) groups excluding carboxylic acids is 2. The van der Waals surface area contributed by atoms with Crippen LogP contribution in [0.4, 0.5) is 0 Å². The van der Waals surface area contributed by atoms with Crippen molar-refractivity contribution in [1.82, 2.24) is 4.90 Å². The molecule has 2 unspecified atom stereocenters. The quantitative estimate of drug-likeness (QED) is 0.295. The Hall–Kier alpha value is -3.86. The van der Waals surface area contributed by atoms with Crippen molar-refractivity contribution < 1.29 is 19.4 Å². The van der Waals surface area contributed by atoms with Crippen molar-refractivity contribution >= 4 is 17.4 Å². The van der Waals surface area contributed by atoms with Gasteiger partial charge in [-0.05, 0) is 53.3 Å². The second-order valence-corrected chi connectivity index (χ2v) is 9.69. The van der Waals surface area contributed by atoms with Crippen LogP contribution >= 0.6 is 0 Å². The lowest BCUT2D eigenvalue weighted by atomic mass is 9.92. The van der Waals surface area contributed by atoms with Crippen molar-refractivity contribution in [2.24, 2.45) is 0 Å². The number of hydrogen-bond donors (Lipinski definition) is 1. The zero-order valence-electron chi connectivity index (χ0n) is 20.2. The molecule has 0 aliphatic carbocycles. The zero-order valence-corrected chi connectivity index (χ0v) is 20.2. The van der Waals surface area contributed by atoms with Crippen LogP contribution in [-0.2, 0) is 22.6 Å². The molecule has 3 aromatic carbocycles. The summed E-state index contributed by atoms with van der Waals surface area (Å²) in [6.07, 6.45) is 0.803. The second kappa shape index (κ2) is 9.06. The van der Waals surface area contributed by atoms with Crippen LogP contribution in [0.2, 0.25) is 0 Å². The maximum Gasteiger partial charge on any atom is 0.295 e. The average Bonchev–Trinajstić information content (AvgIpc) is 3.35. The van der Waals surface area contributed by atoms with E-state index in [4.69, 9.17) is 4.74 Å². The number of fused-ring (bicyclic) bond motifs is 1. The lowest BCUT2D eigenvalue weighted by Gasteiger charge is -2.26. The van der Waals surface area contributed by atoms with Gasteiger partial charge in [0, 0.05) is 18.5 Å². The molecule has 5 heteroatoms. The van der Waals surface area contributed by atoms with Gasteiger partial charge in [0.25, 0.3) is 11.7 Å². The molecule has 2 heterocycles. The van der Waals surface area contributed by atoms with Gasteiger partial charge in [0.05, 0.1) is 11.6 Å². The summed E-state index contributed by atoms with van der Waals surface area (Å²) in [6, 6.07) is 22.3. The SMILES string of the molecule is CC1Cc2cc(C(O)=C3C(=O)C(=O)N(Cc4ccccc4)C3c3ccc(C(C)C)cc3)ccc2O1. The molecular formula is C30H29NO4. The van der Waals surface area contributed by atoms with Crippen LogP contribution in [-0.4, -0.2) is 27.8 Å². The predicted molar refractivity (Wildman–Crippen MR) is 135 cm³/mol. The van der Waals surface area contributed by atoms with Crippen LogP contribution < -0.4 is 4.74 Å². The number of benzene rings is 3. The van der Waals surface area contributed by atoms with Gasteiger partial charge in [-0.1, -0.05) is 68.4 Å². The van der Waals surface area contributed by atoms with Crippen molar-refractivity contribution in [3.63, 3.8) is 0 Å². The third-order valence-electron chi connectivity index (χ3n) is 6.82. The van der Waals surface area contributed by atoms with Gasteiger partial charge in [-0.3, -0.25) is 9.59 Å². The number of ketones is 1. The summed E-state index contributed by atoms with van der Waals surface area (Å²) in [5.74, 6) is -0.276. The molecule has 35 heavy (non-hydrogen) atoms. The van der Waals surface area contributed by atoms with Gasteiger partial charge < -0.3 is 14.7 Å². The molecule has 5 nitrogen and oxygen atoms in total. The molecule has 1 saturated heterocycles. The number of ether oxygens (including phenoxy) is 1. The Morgan fingerprint density at radius 3 is 2.43 bits per heavy atom. The Morgan fingerprint density at radius 2 is 1.74 bits per heavy atom. The standard InChI is InChI=1S/C30H29NO4/c1-18(2)21-9-11-22(12-10-21)27-26(28(32)23-13-14-25-24(16-23)15-19(3)35-25)29(33)30(34)31(27)17-20-7-5-4-6-8-20/h4-14,16,18-19,27,32H,15,17H2,1-3H3. The summed E-state index contributed by atoms with van der Waals surface area (Å²) >= 11 is 0. The van der Waals surface area contributed by atoms with Crippen molar-refractivity contribution in [1.29, 1.82) is 0 Å². The Morgan fingerprint density at radius 1 is 1.03 bits per heavy atom. The Balaban J connectivity index is 1.62. The van der Waals surface area contributed by atoms with Crippen molar-refractivity contribution in [2.75, 3.05) is 0 Å². The highest BCUT2D eigenvalue weighted by atomic mass is 16.5. The van der Waals surface area contributed by atoms with Gasteiger partial charge in [-0.2, -0.15) is 0 Å². The number of aliphatic hydroxyl groups is 1. The van der Waals surface area contributed by atoms with Gasteiger partial charge in [0.1, 0.15) is 17.6 Å². The summed E-state index contributed by atoms with van der Waals surface area (Å²) in [6.45, 7) is 6.51. The van der Waals surface area contributed by atoms with Crippen LogP contribution in [0.5, 0.6) is 5.75 Å². The summed E-state index contributed by atoms with van der Waals surface area (Å²) in [5.41, 5.74) is 4.50. The highest BCUT2D eigenvalue weighted by Gasteiger charge is 2.46. The maximum atomic E-state index is 13.3. The van der Waals surface area contributed by atoms with Crippen LogP contribution in [0.1, 0.15) is 60.5 Å². The highest BCUT2D eigenvalue weighted by molar-refractivity contribution is 6.46. The molecule has 2 aliphatic heterocycles. The van der Waals surface area contributed by atoms with Crippen molar-refractivity contribution in [3.8, 4) is 5.75 Å². The van der Waals surface area contributed by atoms with Crippen LogP contribution in [0, 0.1) is 0 Å². The van der Waals surface area contributed by atoms with E-state index in [0.29, 0.717) is 11.5 Å². The van der Waals surface area contributed by atoms with E-state index in [-0.39, 0.29) is 24.0 Å². The summed E-state index contributed by atoms with van der Waals surface area (Å²) in [4.78, 5) is 28.1. The van der Waals surface area contributed by atoms with Gasteiger partial charge in [0.15, 0.2) is 0 Å². The number of Topliss-reactive ketones (excluding diaryl/α,β-unsaturated/α-hetero) is 1. The molecule has 2 aliphatic rings. The number of hydrogen-bond acceptors (Lipinski definition) is 4. The van der Waals surface area contributed by atoms with E-state index in [2.05, 4.69) is 13.8 Å². The first-order chi connectivity index (χ1) is 16.8. The fraction of sp³-hybridized carbons (Fsp3) is 0.267.